The van der Waals surface area contributed by atoms with E-state index in [2.05, 4.69) is 0 Å². The zero-order chi connectivity index (χ0) is 10.8. The molecule has 1 heterocycles. The molecule has 0 aromatic carbocycles. The van der Waals surface area contributed by atoms with E-state index < -0.39 is 5.41 Å². The molecule has 1 amide bonds. The van der Waals surface area contributed by atoms with Gasteiger partial charge in [0.2, 0.25) is 0 Å². The Bertz CT molecular complexity index is 276. The second-order valence-corrected chi connectivity index (χ2v) is 4.26. The maximum Gasteiger partial charge on any atom is 0.337 e. The second kappa shape index (κ2) is 3.82. The van der Waals surface area contributed by atoms with Crippen LogP contribution in [0.4, 0.5) is 0 Å². The van der Waals surface area contributed by atoms with Crippen molar-refractivity contribution in [1.82, 2.24) is 5.06 Å². The van der Waals surface area contributed by atoms with Crippen LogP contribution in [0.1, 0.15) is 27.2 Å². The lowest BCUT2D eigenvalue weighted by Crippen LogP contribution is -2.38. The van der Waals surface area contributed by atoms with Crippen LogP contribution in [0.15, 0.2) is 12.2 Å². The van der Waals surface area contributed by atoms with Gasteiger partial charge in [-0.25, -0.2) is 4.79 Å². The number of rotatable bonds is 1. The van der Waals surface area contributed by atoms with Crippen molar-refractivity contribution in [3.63, 3.8) is 0 Å². The van der Waals surface area contributed by atoms with Crippen LogP contribution in [0, 0.1) is 5.41 Å². The van der Waals surface area contributed by atoms with Crippen molar-refractivity contribution in [3.05, 3.63) is 12.2 Å². The minimum absolute atomic E-state index is 0.270. The van der Waals surface area contributed by atoms with Crippen LogP contribution >= 0.6 is 0 Å². The molecule has 0 spiro atoms. The summed E-state index contributed by atoms with van der Waals surface area (Å²) >= 11 is 0. The standard InChI is InChI=1S/C10H15NO3/c1-10(2,3)9(13)14-11-7-5-4-6-8(11)12/h4,6H,5,7H2,1-3H3. The molecule has 0 atom stereocenters. The highest BCUT2D eigenvalue weighted by atomic mass is 16.7. The minimum Gasteiger partial charge on any atom is -0.337 e. The molecule has 0 saturated heterocycles. The molecule has 1 aliphatic rings. The van der Waals surface area contributed by atoms with E-state index in [9.17, 15) is 9.59 Å². The third-order valence-corrected chi connectivity index (χ3v) is 1.81. The van der Waals surface area contributed by atoms with Crippen molar-refractivity contribution >= 4 is 11.9 Å². The molecule has 4 nitrogen and oxygen atoms in total. The molecule has 1 rings (SSSR count). The first-order valence-corrected chi connectivity index (χ1v) is 4.62. The van der Waals surface area contributed by atoms with Gasteiger partial charge < -0.3 is 4.84 Å². The van der Waals surface area contributed by atoms with Crippen LogP contribution in [-0.2, 0) is 14.4 Å². The molecule has 78 valence electrons. The van der Waals surface area contributed by atoms with E-state index in [0.29, 0.717) is 6.54 Å². The van der Waals surface area contributed by atoms with Crippen LogP contribution < -0.4 is 0 Å². The van der Waals surface area contributed by atoms with Gasteiger partial charge in [-0.1, -0.05) is 6.08 Å². The van der Waals surface area contributed by atoms with Crippen molar-refractivity contribution in [2.24, 2.45) is 5.41 Å². The summed E-state index contributed by atoms with van der Waals surface area (Å²) in [7, 11) is 0. The predicted octanol–water partition coefficient (Wildman–Crippen LogP) is 1.28. The quantitative estimate of drug-likeness (QED) is 0.636. The van der Waals surface area contributed by atoms with Gasteiger partial charge in [0.25, 0.3) is 5.91 Å². The summed E-state index contributed by atoms with van der Waals surface area (Å²) in [6, 6.07) is 0. The van der Waals surface area contributed by atoms with E-state index in [4.69, 9.17) is 4.84 Å². The fourth-order valence-electron chi connectivity index (χ4n) is 0.897. The molecule has 0 fully saturated rings. The highest BCUT2D eigenvalue weighted by Gasteiger charge is 2.28. The average molecular weight is 197 g/mol. The zero-order valence-corrected chi connectivity index (χ0v) is 8.74. The highest BCUT2D eigenvalue weighted by molar-refractivity contribution is 5.89. The SMILES string of the molecule is CC(C)(C)C(=O)ON1CCC=CC1=O. The number of hydrogen-bond donors (Lipinski definition) is 0. The van der Waals surface area contributed by atoms with Gasteiger partial charge in [0.1, 0.15) is 0 Å². The van der Waals surface area contributed by atoms with Crippen LogP contribution in [0.2, 0.25) is 0 Å². The first-order chi connectivity index (χ1) is 6.41. The van der Waals surface area contributed by atoms with Crippen LogP contribution in [0.3, 0.4) is 0 Å². The smallest absolute Gasteiger partial charge is 0.337 e. The lowest BCUT2D eigenvalue weighted by molar-refractivity contribution is -0.203. The molecular weight excluding hydrogens is 182 g/mol. The number of nitrogens with zero attached hydrogens (tertiary/aromatic N) is 1. The largest absolute Gasteiger partial charge is 0.337 e. The second-order valence-electron chi connectivity index (χ2n) is 4.26. The first kappa shape index (κ1) is 10.8. The topological polar surface area (TPSA) is 46.6 Å². The maximum atomic E-state index is 11.4. The summed E-state index contributed by atoms with van der Waals surface area (Å²) in [6.45, 7) is 5.69. The first-order valence-electron chi connectivity index (χ1n) is 4.62. The van der Waals surface area contributed by atoms with E-state index in [-0.39, 0.29) is 11.9 Å². The molecule has 0 unspecified atom stereocenters. The molecule has 0 saturated carbocycles. The van der Waals surface area contributed by atoms with Gasteiger partial charge in [0.15, 0.2) is 0 Å². The molecule has 0 bridgehead atoms. The highest BCUT2D eigenvalue weighted by Crippen LogP contribution is 2.17. The van der Waals surface area contributed by atoms with E-state index in [1.54, 1.807) is 26.8 Å². The van der Waals surface area contributed by atoms with Gasteiger partial charge in [0, 0.05) is 6.08 Å². The Morgan fingerprint density at radius 1 is 1.50 bits per heavy atom. The van der Waals surface area contributed by atoms with Crippen molar-refractivity contribution in [3.8, 4) is 0 Å². The Hall–Kier alpha value is -1.32. The number of hydrogen-bond acceptors (Lipinski definition) is 3. The Morgan fingerprint density at radius 3 is 2.64 bits per heavy atom. The molecule has 4 heteroatoms. The van der Waals surface area contributed by atoms with Crippen molar-refractivity contribution < 1.29 is 14.4 Å². The molecular formula is C10H15NO3. The minimum atomic E-state index is -0.582. The van der Waals surface area contributed by atoms with Crippen LogP contribution in [-0.4, -0.2) is 23.5 Å². The summed E-state index contributed by atoms with van der Waals surface area (Å²) in [4.78, 5) is 27.6. The van der Waals surface area contributed by atoms with Gasteiger partial charge >= 0.3 is 5.97 Å². The Balaban J connectivity index is 2.57. The third kappa shape index (κ3) is 2.58. The van der Waals surface area contributed by atoms with E-state index in [0.717, 1.165) is 11.5 Å². The Morgan fingerprint density at radius 2 is 2.14 bits per heavy atom. The Labute approximate surface area is 83.5 Å². The van der Waals surface area contributed by atoms with E-state index in [1.165, 1.54) is 6.08 Å². The monoisotopic (exact) mass is 197 g/mol. The summed E-state index contributed by atoms with van der Waals surface area (Å²) in [6.07, 6.45) is 3.91. The fraction of sp³-hybridized carbons (Fsp3) is 0.600. The maximum absolute atomic E-state index is 11.4. The molecule has 0 radical (unpaired) electrons. The number of hydroxylamine groups is 2. The molecule has 1 aliphatic heterocycles. The van der Waals surface area contributed by atoms with E-state index in [1.807, 2.05) is 0 Å². The number of carbonyl (C=O) groups is 2. The number of amides is 1. The molecule has 0 aliphatic carbocycles. The fourth-order valence-corrected chi connectivity index (χ4v) is 0.897. The molecule has 14 heavy (non-hydrogen) atoms. The molecule has 0 aromatic heterocycles. The summed E-state index contributed by atoms with van der Waals surface area (Å²) in [5.41, 5.74) is -0.582. The molecule has 0 N–H and O–H groups in total. The van der Waals surface area contributed by atoms with Crippen molar-refractivity contribution in [1.29, 1.82) is 0 Å². The average Bonchev–Trinajstić information content (AvgIpc) is 2.07. The lowest BCUT2D eigenvalue weighted by atomic mass is 9.98. The Kier molecular flexibility index (Phi) is 2.93. The summed E-state index contributed by atoms with van der Waals surface area (Å²) in [5.74, 6) is -0.657. The van der Waals surface area contributed by atoms with Crippen LogP contribution in [0.25, 0.3) is 0 Å². The summed E-state index contributed by atoms with van der Waals surface area (Å²) in [5, 5.41) is 1.10. The number of carbonyl (C=O) groups excluding carboxylic acids is 2. The normalized spacial score (nSPS) is 17.1. The summed E-state index contributed by atoms with van der Waals surface area (Å²) < 4.78 is 0. The molecule has 0 aromatic rings. The van der Waals surface area contributed by atoms with Gasteiger partial charge in [-0.2, -0.15) is 5.06 Å². The van der Waals surface area contributed by atoms with Gasteiger partial charge in [-0.3, -0.25) is 4.79 Å². The van der Waals surface area contributed by atoms with Crippen molar-refractivity contribution in [2.45, 2.75) is 27.2 Å². The van der Waals surface area contributed by atoms with Crippen molar-refractivity contribution in [2.75, 3.05) is 6.54 Å². The lowest BCUT2D eigenvalue weighted by Gasteiger charge is -2.25. The zero-order valence-electron chi connectivity index (χ0n) is 8.74. The van der Waals surface area contributed by atoms with Gasteiger partial charge in [0.05, 0.1) is 12.0 Å². The van der Waals surface area contributed by atoms with Gasteiger partial charge in [-0.05, 0) is 27.2 Å². The third-order valence-electron chi connectivity index (χ3n) is 1.81. The van der Waals surface area contributed by atoms with Gasteiger partial charge in [-0.15, -0.1) is 0 Å². The predicted molar refractivity (Wildman–Crippen MR) is 51.0 cm³/mol. The van der Waals surface area contributed by atoms with Crippen LogP contribution in [0.5, 0.6) is 0 Å². The van der Waals surface area contributed by atoms with E-state index >= 15 is 0 Å².